The van der Waals surface area contributed by atoms with Gasteiger partial charge in [-0.2, -0.15) is 0 Å². The van der Waals surface area contributed by atoms with Crippen molar-refractivity contribution in [3.63, 3.8) is 0 Å². The van der Waals surface area contributed by atoms with Crippen molar-refractivity contribution in [2.24, 2.45) is 0 Å². The number of fused-ring (bicyclic) bond motifs is 3. The van der Waals surface area contributed by atoms with Crippen LogP contribution in [0.5, 0.6) is 5.75 Å². The van der Waals surface area contributed by atoms with Crippen molar-refractivity contribution in [1.29, 1.82) is 0 Å². The number of imidazole rings is 1. The molecular formula is C35H31N3O4. The molecule has 6 aromatic rings. The van der Waals surface area contributed by atoms with Gasteiger partial charge in [0.15, 0.2) is 6.10 Å². The molecule has 0 amide bonds. The van der Waals surface area contributed by atoms with E-state index in [1.807, 2.05) is 107 Å². The third-order valence-electron chi connectivity index (χ3n) is 7.85. The molecule has 0 fully saturated rings. The van der Waals surface area contributed by atoms with Gasteiger partial charge in [-0.05, 0) is 80.8 Å². The molecule has 0 unspecified atom stereocenters. The van der Waals surface area contributed by atoms with E-state index in [1.165, 1.54) is 5.56 Å². The van der Waals surface area contributed by atoms with Gasteiger partial charge in [0, 0.05) is 46.3 Å². The molecule has 0 saturated heterocycles. The molecule has 0 bridgehead atoms. The van der Waals surface area contributed by atoms with Gasteiger partial charge in [0.05, 0.1) is 28.9 Å². The topological polar surface area (TPSA) is 86.0 Å². The summed E-state index contributed by atoms with van der Waals surface area (Å²) in [5.74, 6) is -0.241. The molecule has 42 heavy (non-hydrogen) atoms. The molecular weight excluding hydrogens is 526 g/mol. The van der Waals surface area contributed by atoms with Gasteiger partial charge >= 0.3 is 5.97 Å². The van der Waals surface area contributed by atoms with Crippen molar-refractivity contribution >= 4 is 33.4 Å². The average molecular weight is 558 g/mol. The van der Waals surface area contributed by atoms with Gasteiger partial charge in [0.1, 0.15) is 11.4 Å². The first kappa shape index (κ1) is 26.2. The Hall–Kier alpha value is -4.75. The number of carboxylic acids is 1. The Morgan fingerprint density at radius 1 is 1.07 bits per heavy atom. The van der Waals surface area contributed by atoms with Crippen LogP contribution < -0.4 is 4.74 Å². The maximum absolute atomic E-state index is 12.9. The lowest BCUT2D eigenvalue weighted by molar-refractivity contribution is -0.160. The van der Waals surface area contributed by atoms with Crippen molar-refractivity contribution in [1.82, 2.24) is 14.4 Å². The maximum Gasteiger partial charge on any atom is 0.337 e. The van der Waals surface area contributed by atoms with E-state index in [-0.39, 0.29) is 0 Å². The molecule has 0 saturated carbocycles. The quantitative estimate of drug-likeness (QED) is 0.236. The number of benzene rings is 3. The van der Waals surface area contributed by atoms with Crippen LogP contribution in [-0.4, -0.2) is 37.7 Å². The highest BCUT2D eigenvalue weighted by Crippen LogP contribution is 2.45. The molecule has 3 aromatic heterocycles. The minimum atomic E-state index is -1.19. The molecule has 1 aliphatic rings. The third kappa shape index (κ3) is 4.28. The number of ether oxygens (including phenoxy) is 2. The van der Waals surface area contributed by atoms with Gasteiger partial charge in [-0.3, -0.25) is 9.38 Å². The molecule has 0 spiro atoms. The average Bonchev–Trinajstić information content (AvgIpc) is 3.41. The summed E-state index contributed by atoms with van der Waals surface area (Å²) >= 11 is 0. The van der Waals surface area contributed by atoms with E-state index in [9.17, 15) is 9.90 Å². The Kier molecular flexibility index (Phi) is 6.02. The monoisotopic (exact) mass is 557 g/mol. The number of pyridine rings is 2. The predicted molar refractivity (Wildman–Crippen MR) is 164 cm³/mol. The standard InChI is InChI=1S/C35H31N3O4/c1-20-18-26-23(11-13-28-37-25(19-38(26)28)21-8-6-5-7-9-21)31(29(20)33(34(39)40)42-35(2,3)4)24-10-12-27-30-22(15-17-41-27)14-16-36-32(24)30/h5-14,16,18-19,33H,15,17H2,1-4H3,(H,39,40)/t33-/m0/s1. The van der Waals surface area contributed by atoms with Gasteiger partial charge in [-0.25, -0.2) is 9.78 Å². The highest BCUT2D eigenvalue weighted by atomic mass is 16.5. The van der Waals surface area contributed by atoms with E-state index >= 15 is 0 Å². The van der Waals surface area contributed by atoms with Crippen molar-refractivity contribution < 1.29 is 19.4 Å². The summed E-state index contributed by atoms with van der Waals surface area (Å²) in [6, 6.07) is 22.2. The van der Waals surface area contributed by atoms with Gasteiger partial charge in [-0.1, -0.05) is 30.3 Å². The van der Waals surface area contributed by atoms with Gasteiger partial charge in [-0.15, -0.1) is 0 Å². The van der Waals surface area contributed by atoms with Crippen LogP contribution in [0.3, 0.4) is 0 Å². The van der Waals surface area contributed by atoms with Crippen LogP contribution in [0.25, 0.3) is 49.8 Å². The SMILES string of the molecule is Cc1cc2c(ccc3nc(-c4ccccc4)cn32)c(-c2ccc3c4c(ccnc24)CCO3)c1[C@H](OC(C)(C)C)C(=O)O. The van der Waals surface area contributed by atoms with Crippen LogP contribution in [-0.2, 0) is 16.0 Å². The number of aryl methyl sites for hydroxylation is 1. The summed E-state index contributed by atoms with van der Waals surface area (Å²) in [6.45, 7) is 8.20. The highest BCUT2D eigenvalue weighted by Gasteiger charge is 2.33. The molecule has 7 heteroatoms. The smallest absolute Gasteiger partial charge is 0.337 e. The number of carbonyl (C=O) groups is 1. The molecule has 0 radical (unpaired) electrons. The number of rotatable bonds is 5. The number of hydrogen-bond donors (Lipinski definition) is 1. The van der Waals surface area contributed by atoms with Crippen LogP contribution in [0.4, 0.5) is 0 Å². The second-order valence-electron chi connectivity index (χ2n) is 11.8. The van der Waals surface area contributed by atoms with E-state index in [4.69, 9.17) is 19.4 Å². The lowest BCUT2D eigenvalue weighted by atomic mass is 9.86. The van der Waals surface area contributed by atoms with Crippen molar-refractivity contribution in [2.45, 2.75) is 45.8 Å². The Morgan fingerprint density at radius 3 is 2.64 bits per heavy atom. The summed E-state index contributed by atoms with van der Waals surface area (Å²) < 4.78 is 14.3. The molecule has 7 nitrogen and oxygen atoms in total. The van der Waals surface area contributed by atoms with Gasteiger partial charge in [0.25, 0.3) is 0 Å². The molecule has 210 valence electrons. The second kappa shape index (κ2) is 9.67. The molecule has 7 rings (SSSR count). The fourth-order valence-corrected chi connectivity index (χ4v) is 6.13. The lowest BCUT2D eigenvalue weighted by Gasteiger charge is -2.29. The van der Waals surface area contributed by atoms with Crippen LogP contribution in [0.1, 0.15) is 43.6 Å². The number of aliphatic carboxylic acids is 1. The lowest BCUT2D eigenvalue weighted by Crippen LogP contribution is -2.28. The predicted octanol–water partition coefficient (Wildman–Crippen LogP) is 7.55. The minimum Gasteiger partial charge on any atom is -0.493 e. The first-order valence-corrected chi connectivity index (χ1v) is 14.1. The molecule has 1 aliphatic heterocycles. The fourth-order valence-electron chi connectivity index (χ4n) is 6.13. The molecule has 3 aromatic carbocycles. The Morgan fingerprint density at radius 2 is 1.88 bits per heavy atom. The van der Waals surface area contributed by atoms with E-state index in [1.54, 1.807) is 0 Å². The van der Waals surface area contributed by atoms with Crippen LogP contribution >= 0.6 is 0 Å². The van der Waals surface area contributed by atoms with Crippen molar-refractivity contribution in [3.8, 4) is 28.1 Å². The largest absolute Gasteiger partial charge is 0.493 e. The number of carboxylic acid groups (broad SMARTS) is 1. The van der Waals surface area contributed by atoms with E-state index in [0.29, 0.717) is 12.2 Å². The molecule has 1 atom stereocenters. The van der Waals surface area contributed by atoms with Crippen molar-refractivity contribution in [3.05, 3.63) is 95.8 Å². The Balaban J connectivity index is 1.59. The fraction of sp³-hybridized carbons (Fsp3) is 0.229. The summed E-state index contributed by atoms with van der Waals surface area (Å²) in [6.07, 6.45) is 3.47. The van der Waals surface area contributed by atoms with Crippen LogP contribution in [0, 0.1) is 6.92 Å². The first-order valence-electron chi connectivity index (χ1n) is 14.1. The summed E-state index contributed by atoms with van der Waals surface area (Å²) in [5.41, 5.74) is 7.97. The normalized spacial score (nSPS) is 13.9. The van der Waals surface area contributed by atoms with E-state index in [2.05, 4.69) is 4.40 Å². The highest BCUT2D eigenvalue weighted by molar-refractivity contribution is 6.08. The summed E-state index contributed by atoms with van der Waals surface area (Å²) in [5, 5.41) is 12.4. The van der Waals surface area contributed by atoms with Gasteiger partial charge < -0.3 is 14.6 Å². The van der Waals surface area contributed by atoms with Crippen LogP contribution in [0.2, 0.25) is 0 Å². The number of aromatic nitrogens is 3. The third-order valence-corrected chi connectivity index (χ3v) is 7.85. The summed E-state index contributed by atoms with van der Waals surface area (Å²) in [4.78, 5) is 22.6. The number of hydrogen-bond acceptors (Lipinski definition) is 5. The first-order chi connectivity index (χ1) is 20.2. The zero-order chi connectivity index (χ0) is 29.2. The van der Waals surface area contributed by atoms with Crippen molar-refractivity contribution in [2.75, 3.05) is 6.61 Å². The Labute approximate surface area is 243 Å². The zero-order valence-electron chi connectivity index (χ0n) is 24.0. The summed E-state index contributed by atoms with van der Waals surface area (Å²) in [7, 11) is 0. The van der Waals surface area contributed by atoms with E-state index in [0.717, 1.165) is 67.6 Å². The van der Waals surface area contributed by atoms with Gasteiger partial charge in [0.2, 0.25) is 0 Å². The van der Waals surface area contributed by atoms with E-state index < -0.39 is 17.7 Å². The zero-order valence-corrected chi connectivity index (χ0v) is 24.0. The molecule has 0 aliphatic carbocycles. The van der Waals surface area contributed by atoms with Crippen LogP contribution in [0.15, 0.2) is 79.1 Å². The number of nitrogens with zero attached hydrogens (tertiary/aromatic N) is 3. The Bertz CT molecular complexity index is 2010. The molecule has 1 N–H and O–H groups in total. The second-order valence-corrected chi connectivity index (χ2v) is 11.8. The minimum absolute atomic E-state index is 0.618. The molecule has 4 heterocycles. The maximum atomic E-state index is 12.9.